The number of piperidine rings is 1. The minimum absolute atomic E-state index is 0.0713. The number of likely N-dealkylation sites (tertiary alicyclic amines) is 1. The number of hydrogen-bond acceptors (Lipinski definition) is 4. The lowest BCUT2D eigenvalue weighted by molar-refractivity contribution is -0.136. The molecule has 3 aromatic rings. The summed E-state index contributed by atoms with van der Waals surface area (Å²) in [5, 5.41) is 11.4. The number of carbonyl (C=O) groups is 2. The Hall–Kier alpha value is -3.71. The van der Waals surface area contributed by atoms with Gasteiger partial charge in [0.1, 0.15) is 0 Å². The van der Waals surface area contributed by atoms with Crippen LogP contribution in [0.4, 0.5) is 0 Å². The Bertz CT molecular complexity index is 1320. The smallest absolute Gasteiger partial charge is 0.255 e. The summed E-state index contributed by atoms with van der Waals surface area (Å²) in [6.07, 6.45) is 2.75. The molecule has 1 aromatic heterocycles. The molecule has 0 bridgehead atoms. The number of benzene rings is 2. The number of carbonyl (C=O) groups excluding carboxylic acids is 2. The molecular weight excluding hydrogens is 490 g/mol. The molecule has 0 radical (unpaired) electrons. The van der Waals surface area contributed by atoms with Crippen LogP contribution in [-0.4, -0.2) is 63.1 Å². The molecule has 0 aliphatic carbocycles. The van der Waals surface area contributed by atoms with Gasteiger partial charge in [-0.3, -0.25) is 14.4 Å². The molecule has 7 heteroatoms. The van der Waals surface area contributed by atoms with Gasteiger partial charge in [0.2, 0.25) is 5.91 Å². The van der Waals surface area contributed by atoms with Crippen molar-refractivity contribution in [2.45, 2.75) is 58.1 Å². The van der Waals surface area contributed by atoms with Crippen LogP contribution in [0.15, 0.2) is 77.7 Å². The summed E-state index contributed by atoms with van der Waals surface area (Å²) in [6.45, 7) is 7.95. The molecule has 2 aromatic carbocycles. The lowest BCUT2D eigenvalue weighted by atomic mass is 9.90. The van der Waals surface area contributed by atoms with E-state index in [9.17, 15) is 19.5 Å². The Kier molecular flexibility index (Phi) is 9.02. The van der Waals surface area contributed by atoms with Gasteiger partial charge in [-0.05, 0) is 43.7 Å². The van der Waals surface area contributed by atoms with Gasteiger partial charge in [-0.15, -0.1) is 0 Å². The van der Waals surface area contributed by atoms with Crippen LogP contribution in [0.25, 0.3) is 11.1 Å². The maximum absolute atomic E-state index is 13.4. The molecular formula is C32H39N3O4. The quantitative estimate of drug-likeness (QED) is 0.441. The number of pyridine rings is 1. The summed E-state index contributed by atoms with van der Waals surface area (Å²) in [6, 6.07) is 20.9. The van der Waals surface area contributed by atoms with E-state index < -0.39 is 5.60 Å². The molecule has 2 amide bonds. The van der Waals surface area contributed by atoms with E-state index in [1.165, 1.54) is 10.6 Å². The van der Waals surface area contributed by atoms with E-state index in [4.69, 9.17) is 0 Å². The lowest BCUT2D eigenvalue weighted by Crippen LogP contribution is -2.49. The topological polar surface area (TPSA) is 82.8 Å². The monoisotopic (exact) mass is 529 g/mol. The van der Waals surface area contributed by atoms with E-state index in [1.54, 1.807) is 11.1 Å². The van der Waals surface area contributed by atoms with Crippen LogP contribution in [0.5, 0.6) is 0 Å². The van der Waals surface area contributed by atoms with Crippen LogP contribution in [0, 0.1) is 0 Å². The standard InChI is InChI=1S/C32H39N3O4/c1-4-33(5-2)31(38)28-22-35(30(37)21-27(28)26-14-10-7-11-15-26)23-32(39)16-18-34(19-17-32)29(36)20-24(3)25-12-8-6-9-13-25/h6-15,21-22,24,39H,4-5,16-20,23H2,1-3H3/t24-/m1/s1. The van der Waals surface area contributed by atoms with Crippen molar-refractivity contribution >= 4 is 11.8 Å². The van der Waals surface area contributed by atoms with Gasteiger partial charge in [0, 0.05) is 50.4 Å². The number of aliphatic hydroxyl groups is 1. The van der Waals surface area contributed by atoms with Crippen molar-refractivity contribution in [3.05, 3.63) is 94.4 Å². The normalized spacial score (nSPS) is 15.5. The highest BCUT2D eigenvalue weighted by molar-refractivity contribution is 6.00. The van der Waals surface area contributed by atoms with Crippen molar-refractivity contribution < 1.29 is 14.7 Å². The average molecular weight is 530 g/mol. The van der Waals surface area contributed by atoms with E-state index in [1.807, 2.05) is 79.4 Å². The first-order chi connectivity index (χ1) is 18.7. The summed E-state index contributed by atoms with van der Waals surface area (Å²) in [7, 11) is 0. The molecule has 1 fully saturated rings. The van der Waals surface area contributed by atoms with E-state index in [2.05, 4.69) is 6.92 Å². The Balaban J connectivity index is 1.50. The fourth-order valence-corrected chi connectivity index (χ4v) is 5.34. The van der Waals surface area contributed by atoms with Gasteiger partial charge >= 0.3 is 0 Å². The predicted octanol–water partition coefficient (Wildman–Crippen LogP) is 4.54. The molecule has 1 aliphatic rings. The van der Waals surface area contributed by atoms with E-state index >= 15 is 0 Å². The van der Waals surface area contributed by atoms with Crippen molar-refractivity contribution in [1.29, 1.82) is 0 Å². The van der Waals surface area contributed by atoms with Crippen molar-refractivity contribution in [3.8, 4) is 11.1 Å². The van der Waals surface area contributed by atoms with Gasteiger partial charge in [-0.25, -0.2) is 0 Å². The summed E-state index contributed by atoms with van der Waals surface area (Å²) in [4.78, 5) is 43.2. The molecule has 1 atom stereocenters. The molecule has 7 nitrogen and oxygen atoms in total. The molecule has 1 N–H and O–H groups in total. The third-order valence-electron chi connectivity index (χ3n) is 7.85. The van der Waals surface area contributed by atoms with E-state index in [0.29, 0.717) is 56.6 Å². The molecule has 1 saturated heterocycles. The van der Waals surface area contributed by atoms with Gasteiger partial charge in [0.15, 0.2) is 0 Å². The second kappa shape index (κ2) is 12.4. The van der Waals surface area contributed by atoms with Gasteiger partial charge < -0.3 is 19.5 Å². The van der Waals surface area contributed by atoms with Crippen LogP contribution in [0.2, 0.25) is 0 Å². The highest BCUT2D eigenvalue weighted by Gasteiger charge is 2.35. The second-order valence-electron chi connectivity index (χ2n) is 10.5. The summed E-state index contributed by atoms with van der Waals surface area (Å²) < 4.78 is 1.46. The molecule has 0 spiro atoms. The van der Waals surface area contributed by atoms with E-state index in [-0.39, 0.29) is 29.8 Å². The van der Waals surface area contributed by atoms with Crippen molar-refractivity contribution in [2.75, 3.05) is 26.2 Å². The first kappa shape index (κ1) is 28.3. The highest BCUT2D eigenvalue weighted by atomic mass is 16.3. The number of rotatable bonds is 9. The van der Waals surface area contributed by atoms with Crippen LogP contribution in [0.1, 0.15) is 61.9 Å². The Morgan fingerprint density at radius 2 is 1.56 bits per heavy atom. The number of aromatic nitrogens is 1. The van der Waals surface area contributed by atoms with Crippen LogP contribution in [0.3, 0.4) is 0 Å². The SMILES string of the molecule is CCN(CC)C(=O)c1cn(CC2(O)CCN(C(=O)C[C@@H](C)c3ccccc3)CC2)c(=O)cc1-c1ccccc1. The van der Waals surface area contributed by atoms with Gasteiger partial charge in [-0.1, -0.05) is 67.6 Å². The molecule has 206 valence electrons. The molecule has 2 heterocycles. The zero-order chi connectivity index (χ0) is 28.0. The summed E-state index contributed by atoms with van der Waals surface area (Å²) >= 11 is 0. The predicted molar refractivity (Wildman–Crippen MR) is 154 cm³/mol. The van der Waals surface area contributed by atoms with Crippen molar-refractivity contribution in [1.82, 2.24) is 14.4 Å². The Morgan fingerprint density at radius 3 is 2.15 bits per heavy atom. The maximum Gasteiger partial charge on any atom is 0.255 e. The fourth-order valence-electron chi connectivity index (χ4n) is 5.34. The first-order valence-corrected chi connectivity index (χ1v) is 13.9. The van der Waals surface area contributed by atoms with Gasteiger partial charge in [-0.2, -0.15) is 0 Å². The zero-order valence-corrected chi connectivity index (χ0v) is 23.2. The molecule has 0 unspecified atom stereocenters. The highest BCUT2D eigenvalue weighted by Crippen LogP contribution is 2.28. The van der Waals surface area contributed by atoms with Crippen LogP contribution >= 0.6 is 0 Å². The third-order valence-corrected chi connectivity index (χ3v) is 7.85. The summed E-state index contributed by atoms with van der Waals surface area (Å²) in [5.41, 5.74) is 1.55. The number of hydrogen-bond donors (Lipinski definition) is 1. The second-order valence-corrected chi connectivity index (χ2v) is 10.5. The minimum atomic E-state index is -1.14. The average Bonchev–Trinajstić information content (AvgIpc) is 2.95. The van der Waals surface area contributed by atoms with Gasteiger partial charge in [0.05, 0.1) is 17.7 Å². The Morgan fingerprint density at radius 1 is 0.974 bits per heavy atom. The largest absolute Gasteiger partial charge is 0.388 e. The Labute approximate surface area is 230 Å². The van der Waals surface area contributed by atoms with Crippen molar-refractivity contribution in [3.63, 3.8) is 0 Å². The lowest BCUT2D eigenvalue weighted by Gasteiger charge is -2.39. The first-order valence-electron chi connectivity index (χ1n) is 13.9. The maximum atomic E-state index is 13.4. The molecule has 39 heavy (non-hydrogen) atoms. The van der Waals surface area contributed by atoms with Crippen molar-refractivity contribution in [2.24, 2.45) is 0 Å². The zero-order valence-electron chi connectivity index (χ0n) is 23.2. The molecule has 0 saturated carbocycles. The number of amides is 2. The fraction of sp³-hybridized carbons (Fsp3) is 0.406. The minimum Gasteiger partial charge on any atom is -0.388 e. The molecule has 1 aliphatic heterocycles. The van der Waals surface area contributed by atoms with Crippen LogP contribution < -0.4 is 5.56 Å². The van der Waals surface area contributed by atoms with E-state index in [0.717, 1.165) is 11.1 Å². The van der Waals surface area contributed by atoms with Crippen LogP contribution in [-0.2, 0) is 11.3 Å². The third kappa shape index (κ3) is 6.66. The number of nitrogens with zero attached hydrogens (tertiary/aromatic N) is 3. The van der Waals surface area contributed by atoms with Gasteiger partial charge in [0.25, 0.3) is 11.5 Å². The summed E-state index contributed by atoms with van der Waals surface area (Å²) in [5.74, 6) is 0.0421. The molecule has 4 rings (SSSR count).